The molecular weight excluding hydrogens is 572 g/mol. The molecule has 0 aliphatic rings. The van der Waals surface area contributed by atoms with Crippen LogP contribution in [0.5, 0.6) is 5.75 Å². The first-order valence-corrected chi connectivity index (χ1v) is 15.9. The van der Waals surface area contributed by atoms with Crippen molar-refractivity contribution in [1.82, 2.24) is 10.2 Å². The molecule has 10 heteroatoms. The van der Waals surface area contributed by atoms with Crippen LogP contribution in [0.3, 0.4) is 0 Å². The molecule has 0 bridgehead atoms. The van der Waals surface area contributed by atoms with Crippen LogP contribution in [-0.2, 0) is 19.1 Å². The number of primary amides is 1. The summed E-state index contributed by atoms with van der Waals surface area (Å²) in [4.78, 5) is 54.8. The van der Waals surface area contributed by atoms with Crippen molar-refractivity contribution < 1.29 is 29.0 Å². The molecule has 0 heterocycles. The molecule has 0 saturated carbocycles. The molecule has 2 aromatic rings. The van der Waals surface area contributed by atoms with E-state index in [9.17, 15) is 24.3 Å². The monoisotopic (exact) mass is 624 g/mol. The average Bonchev–Trinajstić information content (AvgIpc) is 2.94. The van der Waals surface area contributed by atoms with E-state index in [1.165, 1.54) is 4.90 Å². The molecule has 0 spiro atoms. The summed E-state index contributed by atoms with van der Waals surface area (Å²) in [7, 11) is 0. The van der Waals surface area contributed by atoms with Gasteiger partial charge in [0, 0.05) is 24.2 Å². The van der Waals surface area contributed by atoms with Crippen LogP contribution in [0.4, 0.5) is 10.5 Å². The Bertz CT molecular complexity index is 1300. The Morgan fingerprint density at radius 2 is 1.49 bits per heavy atom. The molecule has 45 heavy (non-hydrogen) atoms. The van der Waals surface area contributed by atoms with Gasteiger partial charge in [-0.05, 0) is 71.1 Å². The van der Waals surface area contributed by atoms with Gasteiger partial charge in [-0.1, -0.05) is 75.4 Å². The molecular formula is C35H52N4O6. The second kappa shape index (κ2) is 17.4. The fraction of sp³-hybridized carbons (Fsp3) is 0.543. The largest absolute Gasteiger partial charge is 0.507 e. The molecule has 0 fully saturated rings. The van der Waals surface area contributed by atoms with Gasteiger partial charge in [0.2, 0.25) is 11.8 Å². The lowest BCUT2D eigenvalue weighted by Gasteiger charge is -2.35. The minimum atomic E-state index is -1.25. The summed E-state index contributed by atoms with van der Waals surface area (Å²) < 4.78 is 5.42. The minimum Gasteiger partial charge on any atom is -0.507 e. The number of aromatic hydroxyl groups is 1. The molecule has 4 amide bonds. The number of anilines is 1. The number of nitrogens with one attached hydrogen (secondary N) is 2. The Labute approximate surface area is 268 Å². The highest BCUT2D eigenvalue weighted by atomic mass is 16.6. The summed E-state index contributed by atoms with van der Waals surface area (Å²) >= 11 is 0. The number of phenols is 1. The van der Waals surface area contributed by atoms with E-state index >= 15 is 0 Å². The number of unbranched alkanes of at least 4 members (excludes halogenated alkanes) is 5. The number of hydrogen-bond donors (Lipinski definition) is 4. The van der Waals surface area contributed by atoms with E-state index in [1.807, 2.05) is 32.0 Å². The lowest BCUT2D eigenvalue weighted by molar-refractivity contribution is -0.141. The summed E-state index contributed by atoms with van der Waals surface area (Å²) in [6, 6.07) is 8.26. The summed E-state index contributed by atoms with van der Waals surface area (Å²) in [5, 5.41) is 16.8. The van der Waals surface area contributed by atoms with Gasteiger partial charge in [0.05, 0.1) is 0 Å². The zero-order valence-corrected chi connectivity index (χ0v) is 28.0. The van der Waals surface area contributed by atoms with Crippen LogP contribution in [0.15, 0.2) is 36.4 Å². The van der Waals surface area contributed by atoms with Gasteiger partial charge in [-0.2, -0.15) is 0 Å². The molecule has 2 aromatic carbocycles. The lowest BCUT2D eigenvalue weighted by atomic mass is 9.97. The van der Waals surface area contributed by atoms with Gasteiger partial charge in [-0.15, -0.1) is 0 Å². The number of aryl methyl sites for hydroxylation is 3. The van der Waals surface area contributed by atoms with Gasteiger partial charge >= 0.3 is 6.09 Å². The number of alkyl carbamates (subject to hydrolysis) is 1. The first-order valence-electron chi connectivity index (χ1n) is 15.9. The van der Waals surface area contributed by atoms with Crippen LogP contribution in [0, 0.1) is 20.8 Å². The lowest BCUT2D eigenvalue weighted by Crippen LogP contribution is -2.53. The van der Waals surface area contributed by atoms with Crippen molar-refractivity contribution in [2.24, 2.45) is 5.73 Å². The molecule has 2 atom stereocenters. The van der Waals surface area contributed by atoms with Crippen molar-refractivity contribution in [1.29, 1.82) is 0 Å². The van der Waals surface area contributed by atoms with Crippen LogP contribution in [0.25, 0.3) is 0 Å². The van der Waals surface area contributed by atoms with E-state index in [0.717, 1.165) is 43.2 Å². The summed E-state index contributed by atoms with van der Waals surface area (Å²) in [5.41, 5.74) is 7.70. The number of nitrogens with zero attached hydrogens (tertiary/aromatic N) is 1. The van der Waals surface area contributed by atoms with Crippen LogP contribution in [-0.4, -0.2) is 52.0 Å². The number of nitrogens with two attached hydrogens (primary N) is 1. The summed E-state index contributed by atoms with van der Waals surface area (Å²) in [5.74, 6) is -1.84. The second-order valence-electron chi connectivity index (χ2n) is 12.7. The highest BCUT2D eigenvalue weighted by Crippen LogP contribution is 2.34. The maximum absolute atomic E-state index is 14.5. The van der Waals surface area contributed by atoms with Gasteiger partial charge in [-0.25, -0.2) is 4.79 Å². The fourth-order valence-corrected chi connectivity index (χ4v) is 5.18. The first-order chi connectivity index (χ1) is 21.2. The van der Waals surface area contributed by atoms with Crippen LogP contribution >= 0.6 is 0 Å². The number of para-hydroxylation sites is 2. The Morgan fingerprint density at radius 1 is 0.911 bits per heavy atom. The van der Waals surface area contributed by atoms with E-state index < -0.39 is 41.5 Å². The number of carbonyl (C=O) groups excluding carboxylic acids is 4. The van der Waals surface area contributed by atoms with E-state index in [1.54, 1.807) is 45.9 Å². The Hall–Kier alpha value is -4.08. The second-order valence-corrected chi connectivity index (χ2v) is 12.7. The van der Waals surface area contributed by atoms with Crippen molar-refractivity contribution in [2.45, 2.75) is 118 Å². The Kier molecular flexibility index (Phi) is 14.4. The normalized spacial score (nSPS) is 12.6. The molecule has 2 unspecified atom stereocenters. The number of amides is 4. The van der Waals surface area contributed by atoms with Crippen molar-refractivity contribution in [2.75, 3.05) is 11.9 Å². The van der Waals surface area contributed by atoms with E-state index in [2.05, 4.69) is 17.6 Å². The van der Waals surface area contributed by atoms with Crippen LogP contribution < -0.4 is 16.4 Å². The predicted octanol–water partition coefficient (Wildman–Crippen LogP) is 6.35. The number of hydrogen-bond acceptors (Lipinski definition) is 6. The molecule has 0 aliphatic carbocycles. The molecule has 2 rings (SSSR count). The van der Waals surface area contributed by atoms with Crippen molar-refractivity contribution in [3.8, 4) is 5.75 Å². The van der Waals surface area contributed by atoms with Crippen molar-refractivity contribution >= 4 is 29.5 Å². The van der Waals surface area contributed by atoms with E-state index in [-0.39, 0.29) is 30.7 Å². The van der Waals surface area contributed by atoms with Gasteiger partial charge in [-0.3, -0.25) is 14.4 Å². The topological polar surface area (TPSA) is 151 Å². The van der Waals surface area contributed by atoms with Gasteiger partial charge in [0.15, 0.2) is 0 Å². The molecule has 0 radical (unpaired) electrons. The van der Waals surface area contributed by atoms with Gasteiger partial charge < -0.3 is 31.1 Å². The zero-order valence-electron chi connectivity index (χ0n) is 28.0. The van der Waals surface area contributed by atoms with Crippen molar-refractivity contribution in [3.05, 3.63) is 58.7 Å². The third-order valence-electron chi connectivity index (χ3n) is 7.56. The standard InChI is InChI=1S/C35H52N4O6/c1-8-9-10-11-12-13-22-39(33(43)27(20-21-28(36)40)37-34(44)45-35(5,6)7)30(26-19-15-18-25(4)31(26)41)32(42)38-29-23(2)16-14-17-24(29)3/h14-19,27,30,41H,8-13,20-22H2,1-7H3,(H2,36,40)(H,37,44)(H,38,42). The minimum absolute atomic E-state index is 0.0918. The Balaban J connectivity index is 2.63. The predicted molar refractivity (Wildman–Crippen MR) is 177 cm³/mol. The average molecular weight is 625 g/mol. The third kappa shape index (κ3) is 11.7. The highest BCUT2D eigenvalue weighted by Gasteiger charge is 2.38. The molecule has 0 aromatic heterocycles. The SMILES string of the molecule is CCCCCCCCN(C(=O)C(CCC(N)=O)NC(=O)OC(C)(C)C)C(C(=O)Nc1c(C)cccc1C)c1cccc(C)c1O. The third-order valence-corrected chi connectivity index (χ3v) is 7.56. The molecule has 0 saturated heterocycles. The number of rotatable bonds is 16. The summed E-state index contributed by atoms with van der Waals surface area (Å²) in [6.45, 7) is 12.9. The fourth-order valence-electron chi connectivity index (χ4n) is 5.18. The number of carbonyl (C=O) groups is 4. The van der Waals surface area contributed by atoms with Crippen LogP contribution in [0.1, 0.15) is 107 Å². The molecule has 0 aliphatic heterocycles. The summed E-state index contributed by atoms with van der Waals surface area (Å²) in [6.07, 6.45) is 4.53. The molecule has 248 valence electrons. The Morgan fingerprint density at radius 3 is 2.09 bits per heavy atom. The number of benzene rings is 2. The smallest absolute Gasteiger partial charge is 0.408 e. The van der Waals surface area contributed by atoms with E-state index in [4.69, 9.17) is 10.5 Å². The quantitative estimate of drug-likeness (QED) is 0.160. The number of phenolic OH excluding ortho intramolecular Hbond substituents is 1. The molecule has 10 nitrogen and oxygen atoms in total. The van der Waals surface area contributed by atoms with E-state index in [0.29, 0.717) is 17.7 Å². The van der Waals surface area contributed by atoms with Gasteiger partial charge in [0.1, 0.15) is 23.4 Å². The molecule has 5 N–H and O–H groups in total. The zero-order chi connectivity index (χ0) is 33.7. The van der Waals surface area contributed by atoms with Gasteiger partial charge in [0.25, 0.3) is 5.91 Å². The maximum atomic E-state index is 14.5. The number of ether oxygens (including phenoxy) is 1. The maximum Gasteiger partial charge on any atom is 0.408 e. The highest BCUT2D eigenvalue weighted by molar-refractivity contribution is 6.00. The van der Waals surface area contributed by atoms with Crippen LogP contribution in [0.2, 0.25) is 0 Å². The van der Waals surface area contributed by atoms with Crippen molar-refractivity contribution in [3.63, 3.8) is 0 Å². The first kappa shape index (κ1) is 37.1.